The Labute approximate surface area is 154 Å². The van der Waals surface area contributed by atoms with Gasteiger partial charge in [0, 0.05) is 31.9 Å². The highest BCUT2D eigenvalue weighted by Gasteiger charge is 2.18. The quantitative estimate of drug-likeness (QED) is 0.708. The van der Waals surface area contributed by atoms with Crippen LogP contribution in [-0.4, -0.2) is 45.8 Å². The summed E-state index contributed by atoms with van der Waals surface area (Å²) in [5, 5.41) is 5.32. The minimum absolute atomic E-state index is 0.197. The van der Waals surface area contributed by atoms with E-state index in [1.165, 1.54) is 12.1 Å². The molecule has 0 atom stereocenters. The van der Waals surface area contributed by atoms with E-state index in [4.69, 9.17) is 12.2 Å². The van der Waals surface area contributed by atoms with E-state index in [1.807, 2.05) is 34.3 Å². The van der Waals surface area contributed by atoms with Crippen LogP contribution in [0.25, 0.3) is 10.7 Å². The molecule has 3 aromatic rings. The van der Waals surface area contributed by atoms with Crippen LogP contribution in [0.4, 0.5) is 10.1 Å². The Morgan fingerprint density at radius 2 is 1.88 bits per heavy atom. The van der Waals surface area contributed by atoms with Gasteiger partial charge in [-0.15, -0.1) is 11.3 Å². The Balaban J connectivity index is 1.39. The van der Waals surface area contributed by atoms with Crippen molar-refractivity contribution in [3.05, 3.63) is 52.4 Å². The monoisotopic (exact) mass is 375 g/mol. The fraction of sp³-hybridized carbons (Fsp3) is 0.294. The van der Waals surface area contributed by atoms with Crippen LogP contribution in [0.1, 0.15) is 0 Å². The van der Waals surface area contributed by atoms with E-state index in [-0.39, 0.29) is 5.82 Å². The first-order chi connectivity index (χ1) is 12.2. The molecule has 8 heteroatoms. The number of hydrogen-bond acceptors (Lipinski definition) is 5. The largest absolute Gasteiger partial charge is 0.369 e. The maximum absolute atomic E-state index is 13.1. The molecule has 0 amide bonds. The van der Waals surface area contributed by atoms with Gasteiger partial charge in [0.25, 0.3) is 0 Å². The standard InChI is InChI=1S/C17H18FN5S2/c18-13-3-5-14(6-4-13)22-9-7-21(8-10-22)12-23-17(24)19-16(20-23)15-2-1-11-25-15/h1-6,11H,7-10,12H2,(H,19,20,24). The minimum Gasteiger partial charge on any atom is -0.369 e. The van der Waals surface area contributed by atoms with Crippen molar-refractivity contribution < 1.29 is 4.39 Å². The molecule has 3 heterocycles. The molecule has 1 aliphatic heterocycles. The lowest BCUT2D eigenvalue weighted by atomic mass is 10.2. The van der Waals surface area contributed by atoms with E-state index in [0.717, 1.165) is 42.6 Å². The van der Waals surface area contributed by atoms with Gasteiger partial charge in [-0.05, 0) is 47.9 Å². The molecule has 0 bridgehead atoms. The van der Waals surface area contributed by atoms with E-state index in [9.17, 15) is 4.39 Å². The summed E-state index contributed by atoms with van der Waals surface area (Å²) in [5.74, 6) is 0.627. The van der Waals surface area contributed by atoms with Crippen molar-refractivity contribution in [3.8, 4) is 10.7 Å². The minimum atomic E-state index is -0.197. The Morgan fingerprint density at radius 1 is 1.12 bits per heavy atom. The molecule has 1 N–H and O–H groups in total. The van der Waals surface area contributed by atoms with Crippen LogP contribution >= 0.6 is 23.6 Å². The molecule has 1 aromatic carbocycles. The Hall–Kier alpha value is -2.03. The zero-order valence-electron chi connectivity index (χ0n) is 13.6. The van der Waals surface area contributed by atoms with E-state index in [0.29, 0.717) is 11.4 Å². The molecule has 130 valence electrons. The Kier molecular flexibility index (Phi) is 4.65. The molecule has 25 heavy (non-hydrogen) atoms. The van der Waals surface area contributed by atoms with Crippen LogP contribution in [0.5, 0.6) is 0 Å². The van der Waals surface area contributed by atoms with Gasteiger partial charge in [-0.3, -0.25) is 10.00 Å². The fourth-order valence-electron chi connectivity index (χ4n) is 2.98. The number of hydrogen-bond donors (Lipinski definition) is 1. The van der Waals surface area contributed by atoms with E-state index < -0.39 is 0 Å². The summed E-state index contributed by atoms with van der Waals surface area (Å²) in [7, 11) is 0. The summed E-state index contributed by atoms with van der Waals surface area (Å²) in [6.45, 7) is 4.36. The van der Waals surface area contributed by atoms with Gasteiger partial charge in [-0.25, -0.2) is 9.07 Å². The molecule has 0 unspecified atom stereocenters. The number of rotatable bonds is 4. The first-order valence-electron chi connectivity index (χ1n) is 8.13. The van der Waals surface area contributed by atoms with Crippen LogP contribution in [0.15, 0.2) is 41.8 Å². The molecule has 0 radical (unpaired) electrons. The molecule has 2 aromatic heterocycles. The number of nitrogens with zero attached hydrogens (tertiary/aromatic N) is 4. The van der Waals surface area contributed by atoms with Gasteiger partial charge in [0.15, 0.2) is 5.82 Å². The van der Waals surface area contributed by atoms with Crippen LogP contribution < -0.4 is 4.90 Å². The number of piperazine rings is 1. The predicted molar refractivity (Wildman–Crippen MR) is 101 cm³/mol. The number of thiophene rings is 1. The summed E-state index contributed by atoms with van der Waals surface area (Å²) >= 11 is 7.02. The maximum Gasteiger partial charge on any atom is 0.217 e. The zero-order valence-corrected chi connectivity index (χ0v) is 15.2. The Bertz CT molecular complexity index is 877. The van der Waals surface area contributed by atoms with Crippen molar-refractivity contribution >= 4 is 29.2 Å². The van der Waals surface area contributed by atoms with Crippen molar-refractivity contribution in [2.75, 3.05) is 31.1 Å². The second-order valence-electron chi connectivity index (χ2n) is 5.98. The average molecular weight is 375 g/mol. The van der Waals surface area contributed by atoms with E-state index in [1.54, 1.807) is 11.3 Å². The van der Waals surface area contributed by atoms with Crippen molar-refractivity contribution in [2.45, 2.75) is 6.67 Å². The third-order valence-corrected chi connectivity index (χ3v) is 5.53. The number of aromatic amines is 1. The van der Waals surface area contributed by atoms with E-state index in [2.05, 4.69) is 19.9 Å². The van der Waals surface area contributed by atoms with Crippen LogP contribution in [0.3, 0.4) is 0 Å². The molecule has 0 aliphatic carbocycles. The number of H-pyrrole nitrogens is 1. The summed E-state index contributed by atoms with van der Waals surface area (Å²) in [6.07, 6.45) is 0. The molecular formula is C17H18FN5S2. The summed E-state index contributed by atoms with van der Waals surface area (Å²) in [6, 6.07) is 10.7. The number of benzene rings is 1. The smallest absolute Gasteiger partial charge is 0.217 e. The molecule has 4 rings (SSSR count). The lowest BCUT2D eigenvalue weighted by Gasteiger charge is -2.35. The van der Waals surface area contributed by atoms with Crippen molar-refractivity contribution in [1.29, 1.82) is 0 Å². The Morgan fingerprint density at radius 3 is 2.56 bits per heavy atom. The van der Waals surface area contributed by atoms with Crippen LogP contribution in [-0.2, 0) is 6.67 Å². The van der Waals surface area contributed by atoms with Crippen LogP contribution in [0, 0.1) is 10.6 Å². The summed E-state index contributed by atoms with van der Waals surface area (Å²) in [4.78, 5) is 10.2. The second kappa shape index (κ2) is 7.07. The highest BCUT2D eigenvalue weighted by molar-refractivity contribution is 7.71. The van der Waals surface area contributed by atoms with Gasteiger partial charge in [-0.1, -0.05) is 6.07 Å². The maximum atomic E-state index is 13.1. The first-order valence-corrected chi connectivity index (χ1v) is 9.41. The number of halogens is 1. The van der Waals surface area contributed by atoms with Crippen LogP contribution in [0.2, 0.25) is 0 Å². The van der Waals surface area contributed by atoms with Gasteiger partial charge in [0.05, 0.1) is 11.5 Å². The number of aromatic nitrogens is 3. The predicted octanol–water partition coefficient (Wildman–Crippen LogP) is 3.59. The van der Waals surface area contributed by atoms with Crippen molar-refractivity contribution in [2.24, 2.45) is 0 Å². The average Bonchev–Trinajstić information content (AvgIpc) is 3.27. The second-order valence-corrected chi connectivity index (χ2v) is 7.30. The molecule has 0 saturated carbocycles. The molecule has 1 aliphatic rings. The third kappa shape index (κ3) is 3.65. The lowest BCUT2D eigenvalue weighted by Crippen LogP contribution is -2.46. The van der Waals surface area contributed by atoms with Gasteiger partial charge in [0.1, 0.15) is 5.82 Å². The zero-order chi connectivity index (χ0) is 17.2. The SMILES string of the molecule is Fc1ccc(N2CCN(Cn3[nH]c(-c4cccs4)nc3=S)CC2)cc1. The number of anilines is 1. The molecular weight excluding hydrogens is 357 g/mol. The molecule has 1 fully saturated rings. The molecule has 5 nitrogen and oxygen atoms in total. The topological polar surface area (TPSA) is 40.1 Å². The molecule has 0 spiro atoms. The van der Waals surface area contributed by atoms with Gasteiger partial charge < -0.3 is 4.90 Å². The fourth-order valence-corrected chi connectivity index (χ4v) is 3.83. The summed E-state index contributed by atoms with van der Waals surface area (Å²) < 4.78 is 15.5. The van der Waals surface area contributed by atoms with E-state index >= 15 is 0 Å². The van der Waals surface area contributed by atoms with Crippen molar-refractivity contribution in [1.82, 2.24) is 19.7 Å². The normalized spacial score (nSPS) is 15.6. The van der Waals surface area contributed by atoms with Gasteiger partial charge in [-0.2, -0.15) is 4.98 Å². The van der Waals surface area contributed by atoms with Gasteiger partial charge >= 0.3 is 0 Å². The summed E-state index contributed by atoms with van der Waals surface area (Å²) in [5.41, 5.74) is 1.07. The van der Waals surface area contributed by atoms with Crippen molar-refractivity contribution in [3.63, 3.8) is 0 Å². The third-order valence-electron chi connectivity index (χ3n) is 4.34. The number of nitrogens with one attached hydrogen (secondary N) is 1. The molecule has 1 saturated heterocycles. The lowest BCUT2D eigenvalue weighted by molar-refractivity contribution is 0.194. The highest BCUT2D eigenvalue weighted by Crippen LogP contribution is 2.21. The first kappa shape index (κ1) is 16.4. The van der Waals surface area contributed by atoms with Gasteiger partial charge in [0.2, 0.25) is 4.77 Å². The highest BCUT2D eigenvalue weighted by atomic mass is 32.1.